The number of aromatic nitrogens is 3. The zero-order chi connectivity index (χ0) is 16.2. The van der Waals surface area contributed by atoms with Gasteiger partial charge in [0.2, 0.25) is 0 Å². The standard InChI is InChI=1S/C17H15N3O2S/c21-14(22)11-20-16(18-19-17(20)23)15(12-7-3-1-4-8-12)13-9-5-2-6-10-13/h1-10,15H,11H2,(H,19,23)(H,21,22). The number of carboxylic acids is 1. The van der Waals surface area contributed by atoms with E-state index in [-0.39, 0.29) is 12.5 Å². The number of benzene rings is 2. The van der Waals surface area contributed by atoms with Gasteiger partial charge in [-0.05, 0) is 23.3 Å². The molecule has 0 atom stereocenters. The summed E-state index contributed by atoms with van der Waals surface area (Å²) in [5, 5.41) is 16.2. The Bertz CT molecular complexity index is 817. The van der Waals surface area contributed by atoms with E-state index < -0.39 is 5.97 Å². The number of H-pyrrole nitrogens is 1. The zero-order valence-electron chi connectivity index (χ0n) is 12.2. The Hall–Kier alpha value is -2.73. The molecule has 3 aromatic rings. The van der Waals surface area contributed by atoms with Crippen molar-refractivity contribution in [3.05, 3.63) is 82.4 Å². The topological polar surface area (TPSA) is 70.9 Å². The van der Waals surface area contributed by atoms with Gasteiger partial charge in [-0.25, -0.2) is 0 Å². The molecule has 0 aliphatic rings. The van der Waals surface area contributed by atoms with E-state index >= 15 is 0 Å². The SMILES string of the molecule is O=C(O)Cn1c(C(c2ccccc2)c2ccccc2)n[nH]c1=S. The van der Waals surface area contributed by atoms with Crippen LogP contribution in [0, 0.1) is 4.77 Å². The molecule has 0 bridgehead atoms. The van der Waals surface area contributed by atoms with Gasteiger partial charge in [-0.2, -0.15) is 5.10 Å². The lowest BCUT2D eigenvalue weighted by Gasteiger charge is -2.18. The highest BCUT2D eigenvalue weighted by Gasteiger charge is 2.23. The molecule has 23 heavy (non-hydrogen) atoms. The quantitative estimate of drug-likeness (QED) is 0.707. The molecule has 1 aromatic heterocycles. The van der Waals surface area contributed by atoms with Crippen LogP contribution in [-0.4, -0.2) is 25.8 Å². The third kappa shape index (κ3) is 3.22. The average Bonchev–Trinajstić information content (AvgIpc) is 2.90. The Morgan fingerprint density at radius 2 is 1.61 bits per heavy atom. The van der Waals surface area contributed by atoms with Crippen molar-refractivity contribution < 1.29 is 9.90 Å². The van der Waals surface area contributed by atoms with Crippen molar-refractivity contribution in [1.29, 1.82) is 0 Å². The van der Waals surface area contributed by atoms with E-state index in [9.17, 15) is 4.79 Å². The van der Waals surface area contributed by atoms with E-state index in [4.69, 9.17) is 17.3 Å². The molecule has 0 spiro atoms. The van der Waals surface area contributed by atoms with Crippen LogP contribution in [0.15, 0.2) is 60.7 Å². The Morgan fingerprint density at radius 3 is 2.09 bits per heavy atom. The van der Waals surface area contributed by atoms with Crippen LogP contribution in [0.3, 0.4) is 0 Å². The maximum Gasteiger partial charge on any atom is 0.323 e. The van der Waals surface area contributed by atoms with E-state index in [1.54, 1.807) is 0 Å². The minimum absolute atomic E-state index is 0.190. The fourth-order valence-corrected chi connectivity index (χ4v) is 2.82. The van der Waals surface area contributed by atoms with Crippen LogP contribution in [-0.2, 0) is 11.3 Å². The number of aromatic amines is 1. The molecule has 0 aliphatic heterocycles. The molecule has 116 valence electrons. The van der Waals surface area contributed by atoms with Gasteiger partial charge in [-0.1, -0.05) is 60.7 Å². The summed E-state index contributed by atoms with van der Waals surface area (Å²) in [7, 11) is 0. The second-order valence-corrected chi connectivity index (χ2v) is 5.51. The van der Waals surface area contributed by atoms with Crippen molar-refractivity contribution in [2.24, 2.45) is 0 Å². The molecule has 0 unspecified atom stereocenters. The van der Waals surface area contributed by atoms with Crippen molar-refractivity contribution in [1.82, 2.24) is 14.8 Å². The first kappa shape index (κ1) is 15.2. The number of nitrogens with zero attached hydrogens (tertiary/aromatic N) is 2. The van der Waals surface area contributed by atoms with Crippen molar-refractivity contribution >= 4 is 18.2 Å². The minimum Gasteiger partial charge on any atom is -0.480 e. The van der Waals surface area contributed by atoms with Gasteiger partial charge >= 0.3 is 5.97 Å². The molecule has 5 nitrogen and oxygen atoms in total. The van der Waals surface area contributed by atoms with Crippen molar-refractivity contribution in [3.8, 4) is 0 Å². The summed E-state index contributed by atoms with van der Waals surface area (Å²) in [6, 6.07) is 19.7. The van der Waals surface area contributed by atoms with Crippen LogP contribution >= 0.6 is 12.2 Å². The molecule has 0 saturated heterocycles. The first-order chi connectivity index (χ1) is 11.2. The van der Waals surface area contributed by atoms with E-state index in [1.807, 2.05) is 60.7 Å². The summed E-state index contributed by atoms with van der Waals surface area (Å²) in [5.41, 5.74) is 2.05. The Morgan fingerprint density at radius 1 is 1.09 bits per heavy atom. The molecule has 2 aromatic carbocycles. The number of hydrogen-bond donors (Lipinski definition) is 2. The number of carbonyl (C=O) groups is 1. The minimum atomic E-state index is -0.955. The summed E-state index contributed by atoms with van der Waals surface area (Å²) >= 11 is 5.19. The normalized spacial score (nSPS) is 10.8. The van der Waals surface area contributed by atoms with E-state index in [2.05, 4.69) is 10.2 Å². The molecular weight excluding hydrogens is 310 g/mol. The summed E-state index contributed by atoms with van der Waals surface area (Å²) < 4.78 is 1.83. The fraction of sp³-hybridized carbons (Fsp3) is 0.118. The van der Waals surface area contributed by atoms with Gasteiger partial charge in [-0.3, -0.25) is 14.5 Å². The summed E-state index contributed by atoms with van der Waals surface area (Å²) in [6.07, 6.45) is 0. The Kier molecular flexibility index (Phi) is 4.34. The lowest BCUT2D eigenvalue weighted by atomic mass is 9.90. The highest BCUT2D eigenvalue weighted by molar-refractivity contribution is 7.71. The van der Waals surface area contributed by atoms with Gasteiger partial charge in [0.1, 0.15) is 12.4 Å². The molecule has 0 radical (unpaired) electrons. The molecule has 2 N–H and O–H groups in total. The van der Waals surface area contributed by atoms with Crippen LogP contribution in [0.5, 0.6) is 0 Å². The monoisotopic (exact) mass is 325 g/mol. The Labute approximate surface area is 138 Å². The summed E-state index contributed by atoms with van der Waals surface area (Å²) in [4.78, 5) is 11.2. The van der Waals surface area contributed by atoms with Gasteiger partial charge in [0.25, 0.3) is 0 Å². The average molecular weight is 325 g/mol. The second-order valence-electron chi connectivity index (χ2n) is 5.12. The van der Waals surface area contributed by atoms with Crippen LogP contribution in [0.1, 0.15) is 22.9 Å². The predicted octanol–water partition coefficient (Wildman–Crippen LogP) is 3.21. The van der Waals surface area contributed by atoms with Gasteiger partial charge in [0.05, 0.1) is 5.92 Å². The largest absolute Gasteiger partial charge is 0.480 e. The summed E-state index contributed by atoms with van der Waals surface area (Å²) in [6.45, 7) is -0.221. The number of carboxylic acid groups (broad SMARTS) is 1. The molecule has 0 fully saturated rings. The molecule has 1 heterocycles. The molecule has 0 amide bonds. The van der Waals surface area contributed by atoms with Crippen molar-refractivity contribution in [2.45, 2.75) is 12.5 Å². The maximum absolute atomic E-state index is 11.2. The predicted molar refractivity (Wildman–Crippen MR) is 88.9 cm³/mol. The first-order valence-corrected chi connectivity index (χ1v) is 7.54. The van der Waals surface area contributed by atoms with Crippen LogP contribution in [0.4, 0.5) is 0 Å². The maximum atomic E-state index is 11.2. The highest BCUT2D eigenvalue weighted by atomic mass is 32.1. The molecule has 3 rings (SSSR count). The van der Waals surface area contributed by atoms with Gasteiger partial charge in [-0.15, -0.1) is 0 Å². The molecular formula is C17H15N3O2S. The van der Waals surface area contributed by atoms with Crippen molar-refractivity contribution in [2.75, 3.05) is 0 Å². The van der Waals surface area contributed by atoms with Gasteiger partial charge < -0.3 is 5.11 Å². The molecule has 0 aliphatic carbocycles. The number of rotatable bonds is 5. The van der Waals surface area contributed by atoms with Crippen LogP contribution in [0.2, 0.25) is 0 Å². The fourth-order valence-electron chi connectivity index (χ4n) is 2.62. The lowest BCUT2D eigenvalue weighted by molar-refractivity contribution is -0.137. The van der Waals surface area contributed by atoms with E-state index in [1.165, 1.54) is 4.57 Å². The third-order valence-corrected chi connectivity index (χ3v) is 3.92. The molecule has 6 heteroatoms. The Balaban J connectivity index is 2.18. The van der Waals surface area contributed by atoms with Gasteiger partial charge in [0, 0.05) is 0 Å². The second kappa shape index (κ2) is 6.58. The van der Waals surface area contributed by atoms with E-state index in [0.717, 1.165) is 11.1 Å². The highest BCUT2D eigenvalue weighted by Crippen LogP contribution is 2.30. The zero-order valence-corrected chi connectivity index (χ0v) is 13.0. The first-order valence-electron chi connectivity index (χ1n) is 7.13. The number of aliphatic carboxylic acids is 1. The summed E-state index contributed by atoms with van der Waals surface area (Å²) in [5.74, 6) is -0.553. The number of nitrogens with one attached hydrogen (secondary N) is 1. The van der Waals surface area contributed by atoms with Crippen LogP contribution < -0.4 is 0 Å². The third-order valence-electron chi connectivity index (χ3n) is 3.61. The van der Waals surface area contributed by atoms with E-state index in [0.29, 0.717) is 10.6 Å². The number of hydrogen-bond acceptors (Lipinski definition) is 3. The lowest BCUT2D eigenvalue weighted by Crippen LogP contribution is -2.16. The van der Waals surface area contributed by atoms with Gasteiger partial charge in [0.15, 0.2) is 4.77 Å². The smallest absolute Gasteiger partial charge is 0.323 e. The van der Waals surface area contributed by atoms with Crippen molar-refractivity contribution in [3.63, 3.8) is 0 Å². The van der Waals surface area contributed by atoms with Crippen LogP contribution in [0.25, 0.3) is 0 Å². The molecule has 0 saturated carbocycles.